The second kappa shape index (κ2) is 5.54. The van der Waals surface area contributed by atoms with E-state index in [0.717, 1.165) is 18.0 Å². The number of ether oxygens (including phenoxy) is 1. The average molecular weight is 258 g/mol. The van der Waals surface area contributed by atoms with Gasteiger partial charge in [0.05, 0.1) is 13.3 Å². The molecule has 1 aromatic heterocycles. The number of methoxy groups -OCH3 is 1. The lowest BCUT2D eigenvalue weighted by Gasteiger charge is -2.21. The smallest absolute Gasteiger partial charge is 0.349 e. The number of hydrogen-bond donors (Lipinski definition) is 1. The number of thioether (sulfide) groups is 1. The monoisotopic (exact) mass is 258 g/mol. The van der Waals surface area contributed by atoms with Gasteiger partial charge < -0.3 is 10.1 Å². The van der Waals surface area contributed by atoms with Crippen LogP contribution in [0.15, 0.2) is 6.20 Å². The van der Waals surface area contributed by atoms with Crippen LogP contribution in [0.25, 0.3) is 0 Å². The normalized spacial score (nSPS) is 17.1. The molecule has 0 aliphatic carbocycles. The number of anilines is 1. The van der Waals surface area contributed by atoms with Crippen molar-refractivity contribution in [1.82, 2.24) is 4.98 Å². The third-order valence-electron chi connectivity index (χ3n) is 2.44. The van der Waals surface area contributed by atoms with E-state index in [-0.39, 0.29) is 5.97 Å². The van der Waals surface area contributed by atoms with Gasteiger partial charge in [0.2, 0.25) is 0 Å². The molecule has 0 aromatic carbocycles. The van der Waals surface area contributed by atoms with Crippen LogP contribution in [-0.2, 0) is 4.74 Å². The van der Waals surface area contributed by atoms with Crippen LogP contribution in [0.4, 0.5) is 5.13 Å². The summed E-state index contributed by atoms with van der Waals surface area (Å²) in [6, 6.07) is 0.498. The number of nitrogens with zero attached hydrogens (tertiary/aromatic N) is 1. The van der Waals surface area contributed by atoms with E-state index in [0.29, 0.717) is 10.9 Å². The number of aromatic nitrogens is 1. The number of esters is 1. The van der Waals surface area contributed by atoms with E-state index in [9.17, 15) is 4.79 Å². The van der Waals surface area contributed by atoms with Gasteiger partial charge in [0, 0.05) is 6.04 Å². The van der Waals surface area contributed by atoms with Crippen LogP contribution in [0.2, 0.25) is 0 Å². The van der Waals surface area contributed by atoms with Crippen molar-refractivity contribution in [3.63, 3.8) is 0 Å². The van der Waals surface area contributed by atoms with Crippen LogP contribution in [0.5, 0.6) is 0 Å². The molecule has 1 aromatic rings. The van der Waals surface area contributed by atoms with E-state index >= 15 is 0 Å². The molecule has 0 atom stereocenters. The zero-order valence-electron chi connectivity index (χ0n) is 9.06. The topological polar surface area (TPSA) is 51.2 Å². The second-order valence-corrected chi connectivity index (χ2v) is 5.81. The lowest BCUT2D eigenvalue weighted by atomic mass is 10.2. The Bertz CT molecular complexity index is 361. The summed E-state index contributed by atoms with van der Waals surface area (Å²) in [5.41, 5.74) is 0. The number of nitrogens with one attached hydrogen (secondary N) is 1. The molecule has 6 heteroatoms. The van der Waals surface area contributed by atoms with Crippen molar-refractivity contribution in [2.24, 2.45) is 0 Å². The maximum atomic E-state index is 11.2. The molecular formula is C10H14N2O2S2. The molecule has 1 N–H and O–H groups in total. The van der Waals surface area contributed by atoms with E-state index in [1.165, 1.54) is 30.0 Å². The molecule has 1 aliphatic heterocycles. The number of carbonyl (C=O) groups excluding carboxylic acids is 1. The molecule has 16 heavy (non-hydrogen) atoms. The van der Waals surface area contributed by atoms with Crippen LogP contribution in [-0.4, -0.2) is 35.6 Å². The summed E-state index contributed by atoms with van der Waals surface area (Å²) in [6.45, 7) is 0. The van der Waals surface area contributed by atoms with Gasteiger partial charge in [-0.05, 0) is 24.3 Å². The van der Waals surface area contributed by atoms with Gasteiger partial charge in [-0.15, -0.1) is 0 Å². The minimum absolute atomic E-state index is 0.315. The summed E-state index contributed by atoms with van der Waals surface area (Å²) in [7, 11) is 1.38. The quantitative estimate of drug-likeness (QED) is 0.843. The SMILES string of the molecule is COC(=O)c1cnc(NC2CCSCC2)s1. The Morgan fingerprint density at radius 3 is 3.00 bits per heavy atom. The van der Waals surface area contributed by atoms with E-state index < -0.39 is 0 Å². The Morgan fingerprint density at radius 1 is 1.56 bits per heavy atom. The highest BCUT2D eigenvalue weighted by Gasteiger charge is 2.16. The summed E-state index contributed by atoms with van der Waals surface area (Å²) in [5.74, 6) is 2.09. The molecule has 0 unspecified atom stereocenters. The maximum Gasteiger partial charge on any atom is 0.349 e. The predicted molar refractivity (Wildman–Crippen MR) is 67.4 cm³/mol. The van der Waals surface area contributed by atoms with Gasteiger partial charge in [0.1, 0.15) is 4.88 Å². The Labute approximate surface area is 103 Å². The summed E-state index contributed by atoms with van der Waals surface area (Å²) in [4.78, 5) is 16.0. The first-order valence-electron chi connectivity index (χ1n) is 5.18. The van der Waals surface area contributed by atoms with Gasteiger partial charge in [0.25, 0.3) is 0 Å². The molecule has 0 saturated carbocycles. The van der Waals surface area contributed by atoms with Gasteiger partial charge in [0.15, 0.2) is 5.13 Å². The molecule has 0 amide bonds. The fraction of sp³-hybridized carbons (Fsp3) is 0.600. The second-order valence-electron chi connectivity index (χ2n) is 3.55. The molecule has 0 spiro atoms. The average Bonchev–Trinajstić information content (AvgIpc) is 2.78. The summed E-state index contributed by atoms with van der Waals surface area (Å²) < 4.78 is 4.64. The van der Waals surface area contributed by atoms with Crippen LogP contribution in [0, 0.1) is 0 Å². The number of rotatable bonds is 3. The zero-order chi connectivity index (χ0) is 11.4. The van der Waals surface area contributed by atoms with Crippen LogP contribution in [0.3, 0.4) is 0 Å². The van der Waals surface area contributed by atoms with E-state index in [1.54, 1.807) is 6.20 Å². The molecule has 2 heterocycles. The van der Waals surface area contributed by atoms with Crippen LogP contribution < -0.4 is 5.32 Å². The zero-order valence-corrected chi connectivity index (χ0v) is 10.7. The van der Waals surface area contributed by atoms with Crippen molar-refractivity contribution in [2.75, 3.05) is 23.9 Å². The fourth-order valence-electron chi connectivity index (χ4n) is 1.55. The molecular weight excluding hydrogens is 244 g/mol. The van der Waals surface area contributed by atoms with Gasteiger partial charge in [-0.3, -0.25) is 0 Å². The molecule has 4 nitrogen and oxygen atoms in total. The highest BCUT2D eigenvalue weighted by atomic mass is 32.2. The predicted octanol–water partition coefficient (Wildman–Crippen LogP) is 2.24. The lowest BCUT2D eigenvalue weighted by molar-refractivity contribution is 0.0606. The molecule has 1 saturated heterocycles. The molecule has 0 bridgehead atoms. The minimum Gasteiger partial charge on any atom is -0.465 e. The summed E-state index contributed by atoms with van der Waals surface area (Å²) >= 11 is 3.35. The molecule has 1 fully saturated rings. The summed E-state index contributed by atoms with van der Waals surface area (Å²) in [5, 5.41) is 4.18. The van der Waals surface area contributed by atoms with Crippen molar-refractivity contribution < 1.29 is 9.53 Å². The van der Waals surface area contributed by atoms with Crippen LogP contribution in [0.1, 0.15) is 22.5 Å². The third-order valence-corrected chi connectivity index (χ3v) is 4.40. The Morgan fingerprint density at radius 2 is 2.31 bits per heavy atom. The highest BCUT2D eigenvalue weighted by Crippen LogP contribution is 2.24. The standard InChI is InChI=1S/C10H14N2O2S2/c1-14-9(13)8-6-11-10(16-8)12-7-2-4-15-5-3-7/h6-7H,2-5H2,1H3,(H,11,12). The summed E-state index contributed by atoms with van der Waals surface area (Å²) in [6.07, 6.45) is 3.89. The Kier molecular flexibility index (Phi) is 4.06. The first kappa shape index (κ1) is 11.7. The Balaban J connectivity index is 1.94. The minimum atomic E-state index is -0.315. The lowest BCUT2D eigenvalue weighted by Crippen LogP contribution is -2.24. The van der Waals surface area contributed by atoms with E-state index in [2.05, 4.69) is 15.0 Å². The van der Waals surface area contributed by atoms with Crippen molar-refractivity contribution in [1.29, 1.82) is 0 Å². The number of hydrogen-bond acceptors (Lipinski definition) is 6. The van der Waals surface area contributed by atoms with Crippen molar-refractivity contribution >= 4 is 34.2 Å². The molecule has 1 aliphatic rings. The van der Waals surface area contributed by atoms with Gasteiger partial charge in [-0.1, -0.05) is 11.3 Å². The van der Waals surface area contributed by atoms with Crippen molar-refractivity contribution in [3.8, 4) is 0 Å². The maximum absolute atomic E-state index is 11.2. The van der Waals surface area contributed by atoms with E-state index in [4.69, 9.17) is 0 Å². The first-order chi connectivity index (χ1) is 7.79. The Hall–Kier alpha value is -0.750. The number of carbonyl (C=O) groups is 1. The van der Waals surface area contributed by atoms with E-state index in [1.807, 2.05) is 11.8 Å². The van der Waals surface area contributed by atoms with Gasteiger partial charge in [-0.2, -0.15) is 11.8 Å². The molecule has 0 radical (unpaired) electrons. The fourth-order valence-corrected chi connectivity index (χ4v) is 3.47. The molecule has 88 valence electrons. The third kappa shape index (κ3) is 2.89. The van der Waals surface area contributed by atoms with Crippen molar-refractivity contribution in [3.05, 3.63) is 11.1 Å². The van der Waals surface area contributed by atoms with Crippen LogP contribution >= 0.6 is 23.1 Å². The largest absolute Gasteiger partial charge is 0.465 e. The molecule has 2 rings (SSSR count). The van der Waals surface area contributed by atoms with Gasteiger partial charge >= 0.3 is 5.97 Å². The van der Waals surface area contributed by atoms with Gasteiger partial charge in [-0.25, -0.2) is 9.78 Å². The van der Waals surface area contributed by atoms with Crippen molar-refractivity contribution in [2.45, 2.75) is 18.9 Å². The number of thiazole rings is 1. The first-order valence-corrected chi connectivity index (χ1v) is 7.15. The highest BCUT2D eigenvalue weighted by molar-refractivity contribution is 7.99.